The number of hydrogen-bond donors (Lipinski definition) is 1. The van der Waals surface area contributed by atoms with E-state index in [2.05, 4.69) is 17.9 Å². The van der Waals surface area contributed by atoms with Crippen LogP contribution in [-0.2, 0) is 0 Å². The summed E-state index contributed by atoms with van der Waals surface area (Å²) in [7, 11) is 1.65. The Kier molecular flexibility index (Phi) is 3.57. The lowest BCUT2D eigenvalue weighted by atomic mass is 10.1. The Balaban J connectivity index is 2.39. The molecule has 0 bridgehead atoms. The summed E-state index contributed by atoms with van der Waals surface area (Å²) in [4.78, 5) is 2.34. The molecule has 17 heavy (non-hydrogen) atoms. The van der Waals surface area contributed by atoms with E-state index < -0.39 is 6.10 Å². The topological polar surface area (TPSA) is 32.7 Å². The largest absolute Gasteiger partial charge is 0.496 e. The molecule has 2 rings (SSSR count). The van der Waals surface area contributed by atoms with Crippen LogP contribution < -0.4 is 9.64 Å². The molecule has 1 aliphatic heterocycles. The van der Waals surface area contributed by atoms with Crippen LogP contribution in [0.5, 0.6) is 5.75 Å². The molecule has 0 spiro atoms. The van der Waals surface area contributed by atoms with Gasteiger partial charge in [-0.3, -0.25) is 0 Å². The number of anilines is 1. The van der Waals surface area contributed by atoms with Crippen LogP contribution >= 0.6 is 0 Å². The molecule has 1 fully saturated rings. The molecule has 0 aliphatic carbocycles. The number of aliphatic hydroxyl groups is 1. The first-order valence-electron chi connectivity index (χ1n) is 6.23. The summed E-state index contributed by atoms with van der Waals surface area (Å²) in [5.74, 6) is 1.50. The van der Waals surface area contributed by atoms with E-state index in [1.165, 1.54) is 6.42 Å². The normalized spacial score (nSPS) is 21.6. The molecule has 2 unspecified atom stereocenters. The molecule has 1 saturated heterocycles. The molecule has 0 radical (unpaired) electrons. The van der Waals surface area contributed by atoms with Gasteiger partial charge in [0.05, 0.1) is 13.2 Å². The van der Waals surface area contributed by atoms with Crippen LogP contribution in [0, 0.1) is 5.92 Å². The number of methoxy groups -OCH3 is 1. The second-order valence-electron chi connectivity index (χ2n) is 4.91. The van der Waals surface area contributed by atoms with Gasteiger partial charge in [0.1, 0.15) is 5.75 Å². The lowest BCUT2D eigenvalue weighted by Crippen LogP contribution is -2.21. The highest BCUT2D eigenvalue weighted by atomic mass is 16.5. The van der Waals surface area contributed by atoms with E-state index in [0.717, 1.165) is 36.0 Å². The predicted molar refractivity (Wildman–Crippen MR) is 69.6 cm³/mol. The quantitative estimate of drug-likeness (QED) is 0.874. The standard InChI is InChI=1S/C14H21NO2/c1-10-7-8-15(9-10)12-5-4-6-13(17-3)14(12)11(2)16/h4-6,10-11,16H,7-9H2,1-3H3. The van der Waals surface area contributed by atoms with Crippen molar-refractivity contribution in [2.75, 3.05) is 25.1 Å². The van der Waals surface area contributed by atoms with Gasteiger partial charge in [0.2, 0.25) is 0 Å². The van der Waals surface area contributed by atoms with E-state index in [0.29, 0.717) is 0 Å². The van der Waals surface area contributed by atoms with Gasteiger partial charge in [-0.1, -0.05) is 13.0 Å². The Morgan fingerprint density at radius 2 is 2.24 bits per heavy atom. The minimum Gasteiger partial charge on any atom is -0.496 e. The van der Waals surface area contributed by atoms with E-state index in [4.69, 9.17) is 4.74 Å². The predicted octanol–water partition coefficient (Wildman–Crippen LogP) is 2.59. The van der Waals surface area contributed by atoms with Crippen molar-refractivity contribution in [1.29, 1.82) is 0 Å². The fourth-order valence-corrected chi connectivity index (χ4v) is 2.56. The Labute approximate surface area is 103 Å². The first-order valence-corrected chi connectivity index (χ1v) is 6.23. The van der Waals surface area contributed by atoms with Crippen LogP contribution in [-0.4, -0.2) is 25.3 Å². The van der Waals surface area contributed by atoms with E-state index >= 15 is 0 Å². The zero-order valence-corrected chi connectivity index (χ0v) is 10.8. The van der Waals surface area contributed by atoms with Crippen LogP contribution in [0.4, 0.5) is 5.69 Å². The van der Waals surface area contributed by atoms with Crippen LogP contribution in [0.3, 0.4) is 0 Å². The third-order valence-electron chi connectivity index (χ3n) is 3.45. The molecule has 1 aliphatic rings. The molecule has 0 aromatic heterocycles. The van der Waals surface area contributed by atoms with Crippen LogP contribution in [0.1, 0.15) is 31.9 Å². The average Bonchev–Trinajstić information content (AvgIpc) is 2.74. The van der Waals surface area contributed by atoms with Gasteiger partial charge >= 0.3 is 0 Å². The Morgan fingerprint density at radius 3 is 2.76 bits per heavy atom. The highest BCUT2D eigenvalue weighted by Gasteiger charge is 2.24. The van der Waals surface area contributed by atoms with Crippen molar-refractivity contribution in [1.82, 2.24) is 0 Å². The molecule has 3 nitrogen and oxygen atoms in total. The molecule has 1 aromatic carbocycles. The monoisotopic (exact) mass is 235 g/mol. The number of aliphatic hydroxyl groups excluding tert-OH is 1. The minimum absolute atomic E-state index is 0.503. The first kappa shape index (κ1) is 12.2. The molecular weight excluding hydrogens is 214 g/mol. The number of rotatable bonds is 3. The maximum Gasteiger partial charge on any atom is 0.126 e. The van der Waals surface area contributed by atoms with Gasteiger partial charge in [-0.25, -0.2) is 0 Å². The maximum absolute atomic E-state index is 9.94. The van der Waals surface area contributed by atoms with Gasteiger partial charge in [0.15, 0.2) is 0 Å². The van der Waals surface area contributed by atoms with E-state index in [1.54, 1.807) is 14.0 Å². The third kappa shape index (κ3) is 2.39. The van der Waals surface area contributed by atoms with Crippen LogP contribution in [0.25, 0.3) is 0 Å². The summed E-state index contributed by atoms with van der Waals surface area (Å²) in [5, 5.41) is 9.94. The van der Waals surface area contributed by atoms with Gasteiger partial charge in [-0.2, -0.15) is 0 Å². The summed E-state index contributed by atoms with van der Waals surface area (Å²) in [5.41, 5.74) is 2.02. The van der Waals surface area contributed by atoms with Crippen molar-refractivity contribution in [3.8, 4) is 5.75 Å². The summed E-state index contributed by atoms with van der Waals surface area (Å²) in [6.45, 7) is 6.18. The first-order chi connectivity index (χ1) is 8.13. The molecule has 1 N–H and O–H groups in total. The Morgan fingerprint density at radius 1 is 1.47 bits per heavy atom. The number of benzene rings is 1. The highest BCUT2D eigenvalue weighted by Crippen LogP contribution is 2.36. The molecule has 3 heteroatoms. The van der Waals surface area contributed by atoms with Crippen LogP contribution in [0.2, 0.25) is 0 Å². The van der Waals surface area contributed by atoms with Crippen molar-refractivity contribution in [2.24, 2.45) is 5.92 Å². The van der Waals surface area contributed by atoms with E-state index in [1.807, 2.05) is 12.1 Å². The van der Waals surface area contributed by atoms with Gasteiger partial charge < -0.3 is 14.7 Å². The molecule has 2 atom stereocenters. The van der Waals surface area contributed by atoms with Crippen molar-refractivity contribution < 1.29 is 9.84 Å². The van der Waals surface area contributed by atoms with Gasteiger partial charge in [0.25, 0.3) is 0 Å². The van der Waals surface area contributed by atoms with Gasteiger partial charge in [0, 0.05) is 24.3 Å². The summed E-state index contributed by atoms with van der Waals surface area (Å²) in [6, 6.07) is 5.97. The Hall–Kier alpha value is -1.22. The van der Waals surface area contributed by atoms with Gasteiger partial charge in [-0.15, -0.1) is 0 Å². The van der Waals surface area contributed by atoms with Crippen molar-refractivity contribution in [3.63, 3.8) is 0 Å². The lowest BCUT2D eigenvalue weighted by Gasteiger charge is -2.24. The summed E-state index contributed by atoms with van der Waals surface area (Å²) < 4.78 is 5.35. The fraction of sp³-hybridized carbons (Fsp3) is 0.571. The van der Waals surface area contributed by atoms with E-state index in [9.17, 15) is 5.11 Å². The SMILES string of the molecule is COc1cccc(N2CCC(C)C2)c1C(C)O. The molecule has 1 heterocycles. The average molecular weight is 235 g/mol. The molecule has 94 valence electrons. The molecular formula is C14H21NO2. The third-order valence-corrected chi connectivity index (χ3v) is 3.45. The van der Waals surface area contributed by atoms with Crippen LogP contribution in [0.15, 0.2) is 18.2 Å². The van der Waals surface area contributed by atoms with E-state index in [-0.39, 0.29) is 0 Å². The summed E-state index contributed by atoms with van der Waals surface area (Å²) >= 11 is 0. The smallest absolute Gasteiger partial charge is 0.126 e. The van der Waals surface area contributed by atoms with Crippen molar-refractivity contribution >= 4 is 5.69 Å². The minimum atomic E-state index is -0.503. The zero-order valence-electron chi connectivity index (χ0n) is 10.8. The zero-order chi connectivity index (χ0) is 12.4. The second kappa shape index (κ2) is 4.96. The Bertz CT molecular complexity index is 390. The second-order valence-corrected chi connectivity index (χ2v) is 4.91. The van der Waals surface area contributed by atoms with Gasteiger partial charge in [-0.05, 0) is 31.4 Å². The fourth-order valence-electron chi connectivity index (χ4n) is 2.56. The summed E-state index contributed by atoms with van der Waals surface area (Å²) in [6.07, 6.45) is 0.716. The lowest BCUT2D eigenvalue weighted by molar-refractivity contribution is 0.194. The number of nitrogens with zero attached hydrogens (tertiary/aromatic N) is 1. The number of hydrogen-bond acceptors (Lipinski definition) is 3. The maximum atomic E-state index is 9.94. The van der Waals surface area contributed by atoms with Crippen molar-refractivity contribution in [2.45, 2.75) is 26.4 Å². The highest BCUT2D eigenvalue weighted by molar-refractivity contribution is 5.60. The van der Waals surface area contributed by atoms with Crippen molar-refractivity contribution in [3.05, 3.63) is 23.8 Å². The molecule has 0 amide bonds. The molecule has 1 aromatic rings. The molecule has 0 saturated carbocycles. The number of ether oxygens (including phenoxy) is 1.